The van der Waals surface area contributed by atoms with Crippen LogP contribution in [0.2, 0.25) is 0 Å². The predicted molar refractivity (Wildman–Crippen MR) is 144 cm³/mol. The van der Waals surface area contributed by atoms with Crippen molar-refractivity contribution in [3.63, 3.8) is 0 Å². The molecule has 1 aliphatic rings. The van der Waals surface area contributed by atoms with Gasteiger partial charge in [-0.25, -0.2) is 13.2 Å². The minimum absolute atomic E-state index is 0.0198. The van der Waals surface area contributed by atoms with Gasteiger partial charge in [-0.3, -0.25) is 14.8 Å². The van der Waals surface area contributed by atoms with Gasteiger partial charge in [-0.1, -0.05) is 5.16 Å². The first-order valence-corrected chi connectivity index (χ1v) is 14.5. The Morgan fingerprint density at radius 2 is 2.03 bits per heavy atom. The smallest absolute Gasteiger partial charge is 0.326 e. The molecule has 0 radical (unpaired) electrons. The first-order valence-electron chi connectivity index (χ1n) is 12.1. The zero-order valence-corrected chi connectivity index (χ0v) is 22.9. The molecule has 39 heavy (non-hydrogen) atoms. The second-order valence-corrected chi connectivity index (χ2v) is 11.6. The fraction of sp³-hybridized carbons (Fsp3) is 0.375. The highest BCUT2D eigenvalue weighted by atomic mass is 32.2. The minimum Gasteiger partial charge on any atom is -0.492 e. The Balaban J connectivity index is 1.57. The van der Waals surface area contributed by atoms with Crippen LogP contribution in [0, 0.1) is 13.8 Å². The van der Waals surface area contributed by atoms with Crippen molar-refractivity contribution in [2.24, 2.45) is 11.5 Å². The van der Waals surface area contributed by atoms with E-state index in [1.807, 2.05) is 6.07 Å². The number of nitrogens with zero attached hydrogens (tertiary/aromatic N) is 1. The fourth-order valence-corrected chi connectivity index (χ4v) is 6.44. The normalized spacial score (nSPS) is 13.7. The lowest BCUT2D eigenvalue weighted by Crippen LogP contribution is -2.46. The zero-order chi connectivity index (χ0) is 28.3. The predicted octanol–water partition coefficient (Wildman–Crippen LogP) is 1.51. The summed E-state index contributed by atoms with van der Waals surface area (Å²) in [6.45, 7) is 4.21. The van der Waals surface area contributed by atoms with Crippen LogP contribution in [-0.2, 0) is 21.2 Å². The molecule has 0 unspecified atom stereocenters. The number of carbonyl (C=O) groups is 2. The maximum Gasteiger partial charge on any atom is 0.326 e. The number of carboxylic acid groups (broad SMARTS) is 1. The number of rotatable bonds is 12. The number of fused-ring (bicyclic) bond motifs is 1. The summed E-state index contributed by atoms with van der Waals surface area (Å²) in [7, 11) is -4.22. The number of aliphatic carboxylic acids is 1. The second-order valence-electron chi connectivity index (χ2n) is 9.02. The molecule has 3 heterocycles. The van der Waals surface area contributed by atoms with E-state index in [4.69, 9.17) is 20.7 Å². The fourth-order valence-electron chi connectivity index (χ4n) is 4.33. The van der Waals surface area contributed by atoms with Gasteiger partial charge in [0.2, 0.25) is 0 Å². The van der Waals surface area contributed by atoms with Crippen LogP contribution >= 0.6 is 11.3 Å². The minimum atomic E-state index is -4.22. The van der Waals surface area contributed by atoms with Crippen LogP contribution < -0.4 is 31.6 Å². The molecule has 1 amide bonds. The van der Waals surface area contributed by atoms with Crippen LogP contribution in [-0.4, -0.2) is 56.0 Å². The third-order valence-corrected chi connectivity index (χ3v) is 8.41. The summed E-state index contributed by atoms with van der Waals surface area (Å²) in [4.78, 5) is 24.6. The van der Waals surface area contributed by atoms with Crippen molar-refractivity contribution >= 4 is 38.9 Å². The number of ether oxygens (including phenoxy) is 1. The number of carbonyl (C=O) groups excluding carboxylic acids is 1. The Bertz CT molecular complexity index is 1460. The van der Waals surface area contributed by atoms with Gasteiger partial charge in [-0.15, -0.1) is 11.3 Å². The molecule has 0 fully saturated rings. The first-order chi connectivity index (χ1) is 18.5. The van der Waals surface area contributed by atoms with Gasteiger partial charge >= 0.3 is 5.97 Å². The number of carboxylic acids is 1. The van der Waals surface area contributed by atoms with E-state index in [1.165, 1.54) is 17.5 Å². The summed E-state index contributed by atoms with van der Waals surface area (Å²) in [6.07, 6.45) is 0.301. The number of thiophene rings is 1. The van der Waals surface area contributed by atoms with Crippen molar-refractivity contribution in [3.05, 3.63) is 45.5 Å². The van der Waals surface area contributed by atoms with E-state index in [1.54, 1.807) is 13.8 Å². The number of amides is 1. The SMILES string of the molecule is Cc1noc(C)c1-c1cc2c(c(S(=O)(=O)Nc3ccsc3C(=O)N[C@@H](CCCNC(N)N)C(=O)O)c1)OCC2. The Labute approximate surface area is 228 Å². The number of aryl methyl sites for hydroxylation is 2. The first kappa shape index (κ1) is 28.5. The van der Waals surface area contributed by atoms with Crippen molar-refractivity contribution in [2.75, 3.05) is 17.9 Å². The van der Waals surface area contributed by atoms with Crippen LogP contribution in [0.15, 0.2) is 33.0 Å². The van der Waals surface area contributed by atoms with Crippen molar-refractivity contribution in [1.29, 1.82) is 0 Å². The molecule has 0 aliphatic carbocycles. The van der Waals surface area contributed by atoms with Gasteiger partial charge in [0.1, 0.15) is 33.6 Å². The lowest BCUT2D eigenvalue weighted by molar-refractivity contribution is -0.139. The Morgan fingerprint density at radius 3 is 2.69 bits per heavy atom. The average molecular weight is 579 g/mol. The molecular weight excluding hydrogens is 548 g/mol. The van der Waals surface area contributed by atoms with E-state index in [9.17, 15) is 23.1 Å². The van der Waals surface area contributed by atoms with Crippen LogP contribution in [0.5, 0.6) is 5.75 Å². The summed E-state index contributed by atoms with van der Waals surface area (Å²) < 4.78 is 40.6. The van der Waals surface area contributed by atoms with E-state index in [2.05, 4.69) is 20.5 Å². The van der Waals surface area contributed by atoms with E-state index >= 15 is 0 Å². The van der Waals surface area contributed by atoms with Gasteiger partial charge in [-0.2, -0.15) is 0 Å². The second kappa shape index (κ2) is 11.7. The Hall–Kier alpha value is -3.50. The van der Waals surface area contributed by atoms with Crippen molar-refractivity contribution in [1.82, 2.24) is 15.8 Å². The van der Waals surface area contributed by atoms with E-state index in [0.717, 1.165) is 16.9 Å². The van der Waals surface area contributed by atoms with Crippen LogP contribution in [0.4, 0.5) is 5.69 Å². The molecule has 0 spiro atoms. The lowest BCUT2D eigenvalue weighted by Gasteiger charge is -2.16. The summed E-state index contributed by atoms with van der Waals surface area (Å²) in [6, 6.07) is 3.61. The van der Waals surface area contributed by atoms with E-state index < -0.39 is 34.2 Å². The average Bonchev–Trinajstić information content (AvgIpc) is 3.59. The van der Waals surface area contributed by atoms with Gasteiger partial charge in [0, 0.05) is 12.0 Å². The number of nitrogens with one attached hydrogen (secondary N) is 3. The molecule has 1 aromatic carbocycles. The number of nitrogens with two attached hydrogens (primary N) is 2. The maximum absolute atomic E-state index is 13.6. The standard InChI is InChI=1S/C24H30N6O7S2/c1-12-19(13(2)37-29-12)15-10-14-5-8-36-20(14)18(11-15)39(34,35)30-16-6-9-38-21(16)22(31)28-17(23(32)33)4-3-7-27-24(25)26/h6,9-11,17,24,27,30H,3-5,7-8,25-26H2,1-2H3,(H,28,31)(H,32,33)/t17-/m0/s1. The summed E-state index contributed by atoms with van der Waals surface area (Å²) in [5, 5.41) is 20.3. The number of anilines is 1. The van der Waals surface area contributed by atoms with E-state index in [-0.39, 0.29) is 27.6 Å². The number of hydrogen-bond donors (Lipinski definition) is 6. The van der Waals surface area contributed by atoms with Gasteiger partial charge in [0.25, 0.3) is 15.9 Å². The molecule has 8 N–H and O–H groups in total. The number of sulfonamides is 1. The topological polar surface area (TPSA) is 212 Å². The number of aromatic nitrogens is 1. The zero-order valence-electron chi connectivity index (χ0n) is 21.3. The molecule has 3 aromatic rings. The highest BCUT2D eigenvalue weighted by Crippen LogP contribution is 2.40. The van der Waals surface area contributed by atoms with Gasteiger partial charge < -0.3 is 31.2 Å². The van der Waals surface area contributed by atoms with Crippen molar-refractivity contribution in [3.8, 4) is 16.9 Å². The molecule has 2 aromatic heterocycles. The molecule has 210 valence electrons. The lowest BCUT2D eigenvalue weighted by atomic mass is 10.0. The van der Waals surface area contributed by atoms with Crippen molar-refractivity contribution in [2.45, 2.75) is 50.3 Å². The maximum atomic E-state index is 13.6. The largest absolute Gasteiger partial charge is 0.492 e. The third kappa shape index (κ3) is 6.39. The number of benzene rings is 1. The monoisotopic (exact) mass is 578 g/mol. The molecule has 1 atom stereocenters. The van der Waals surface area contributed by atoms with Crippen LogP contribution in [0.25, 0.3) is 11.1 Å². The number of hydrogen-bond acceptors (Lipinski definition) is 11. The van der Waals surface area contributed by atoms with Crippen LogP contribution in [0.3, 0.4) is 0 Å². The summed E-state index contributed by atoms with van der Waals surface area (Å²) >= 11 is 0.981. The third-order valence-electron chi connectivity index (χ3n) is 6.13. The van der Waals surface area contributed by atoms with Gasteiger partial charge in [-0.05, 0) is 67.9 Å². The van der Waals surface area contributed by atoms with Gasteiger partial charge in [0.15, 0.2) is 0 Å². The van der Waals surface area contributed by atoms with Crippen molar-refractivity contribution < 1.29 is 32.4 Å². The molecule has 15 heteroatoms. The van der Waals surface area contributed by atoms with E-state index in [0.29, 0.717) is 48.6 Å². The Kier molecular flexibility index (Phi) is 8.56. The molecule has 0 saturated carbocycles. The highest BCUT2D eigenvalue weighted by Gasteiger charge is 2.30. The van der Waals surface area contributed by atoms with Gasteiger partial charge in [0.05, 0.1) is 18.0 Å². The molecule has 4 rings (SSSR count). The summed E-state index contributed by atoms with van der Waals surface area (Å²) in [5.41, 5.74) is 13.5. The molecule has 0 saturated heterocycles. The quantitative estimate of drug-likeness (QED) is 0.134. The molecule has 0 bridgehead atoms. The summed E-state index contributed by atoms with van der Waals surface area (Å²) in [5.74, 6) is -1.14. The molecule has 13 nitrogen and oxygen atoms in total. The molecular formula is C24H30N6O7S2. The molecule has 1 aliphatic heterocycles. The Morgan fingerprint density at radius 1 is 1.26 bits per heavy atom. The van der Waals surface area contributed by atoms with Crippen LogP contribution in [0.1, 0.15) is 39.5 Å². The highest BCUT2D eigenvalue weighted by molar-refractivity contribution is 7.92.